The second kappa shape index (κ2) is 4.62. The van der Waals surface area contributed by atoms with Crippen molar-refractivity contribution in [2.75, 3.05) is 5.32 Å². The van der Waals surface area contributed by atoms with Crippen LogP contribution in [0.25, 0.3) is 11.3 Å². The zero-order valence-corrected chi connectivity index (χ0v) is 10.2. The normalized spacial score (nSPS) is 10.3. The highest BCUT2D eigenvalue weighted by Gasteiger charge is 2.21. The van der Waals surface area contributed by atoms with Gasteiger partial charge in [-0.15, -0.1) is 0 Å². The van der Waals surface area contributed by atoms with Crippen molar-refractivity contribution < 1.29 is 19.4 Å². The molecule has 0 unspecified atom stereocenters. The van der Waals surface area contributed by atoms with Crippen molar-refractivity contribution in [3.63, 3.8) is 0 Å². The van der Waals surface area contributed by atoms with Crippen LogP contribution in [-0.4, -0.2) is 16.1 Å². The minimum atomic E-state index is -0.504. The van der Waals surface area contributed by atoms with Crippen LogP contribution in [0.1, 0.15) is 6.92 Å². The van der Waals surface area contributed by atoms with Crippen molar-refractivity contribution in [3.8, 4) is 22.8 Å². The van der Waals surface area contributed by atoms with Crippen LogP contribution < -0.4 is 5.32 Å². The summed E-state index contributed by atoms with van der Waals surface area (Å²) in [4.78, 5) is 10.9. The fourth-order valence-corrected chi connectivity index (χ4v) is 1.58. The molecule has 94 valence electrons. The maximum atomic E-state index is 10.9. The fourth-order valence-electron chi connectivity index (χ4n) is 1.46. The summed E-state index contributed by atoms with van der Waals surface area (Å²) in [5.74, 6) is -1.48. The highest BCUT2D eigenvalue weighted by Crippen LogP contribution is 2.45. The molecule has 2 aromatic rings. The van der Waals surface area contributed by atoms with Gasteiger partial charge < -0.3 is 14.6 Å². The Kier molecular flexibility index (Phi) is 3.16. The summed E-state index contributed by atoms with van der Waals surface area (Å²) in [7, 11) is 0. The molecule has 0 aliphatic carbocycles. The number of hydrogen-bond donors (Lipinski definition) is 3. The number of aromatic hydroxyl groups is 2. The third kappa shape index (κ3) is 2.26. The SMILES string of the molecule is CC(=O)Nc1oc(-c2ccc(Cl)cc2)c(O)c1O. The molecule has 0 radical (unpaired) electrons. The average molecular weight is 268 g/mol. The van der Waals surface area contributed by atoms with Crippen molar-refractivity contribution >= 4 is 23.4 Å². The molecule has 0 aliphatic rings. The van der Waals surface area contributed by atoms with Crippen LogP contribution >= 0.6 is 11.6 Å². The summed E-state index contributed by atoms with van der Waals surface area (Å²) in [6.45, 7) is 1.26. The van der Waals surface area contributed by atoms with E-state index in [2.05, 4.69) is 5.32 Å². The summed E-state index contributed by atoms with van der Waals surface area (Å²) < 4.78 is 5.21. The lowest BCUT2D eigenvalue weighted by atomic mass is 10.1. The Balaban J connectivity index is 2.45. The molecule has 1 amide bonds. The van der Waals surface area contributed by atoms with Gasteiger partial charge in [0, 0.05) is 17.5 Å². The molecule has 3 N–H and O–H groups in total. The summed E-state index contributed by atoms with van der Waals surface area (Å²) in [5, 5.41) is 22.1. The first-order valence-electron chi connectivity index (χ1n) is 5.07. The Morgan fingerprint density at radius 1 is 1.22 bits per heavy atom. The number of rotatable bonds is 2. The molecule has 1 aromatic carbocycles. The van der Waals surface area contributed by atoms with Crippen LogP contribution in [0.15, 0.2) is 28.7 Å². The van der Waals surface area contributed by atoms with E-state index < -0.39 is 17.4 Å². The molecule has 6 heteroatoms. The van der Waals surface area contributed by atoms with Crippen LogP contribution in [-0.2, 0) is 4.79 Å². The number of hydrogen-bond acceptors (Lipinski definition) is 4. The second-order valence-corrected chi connectivity index (χ2v) is 4.08. The second-order valence-electron chi connectivity index (χ2n) is 3.65. The third-order valence-electron chi connectivity index (χ3n) is 2.25. The number of halogens is 1. The van der Waals surface area contributed by atoms with Crippen molar-refractivity contribution in [2.45, 2.75) is 6.92 Å². The maximum absolute atomic E-state index is 10.9. The Hall–Kier alpha value is -2.14. The molecule has 0 saturated carbocycles. The number of anilines is 1. The van der Waals surface area contributed by atoms with Gasteiger partial charge in [-0.3, -0.25) is 10.1 Å². The van der Waals surface area contributed by atoms with E-state index in [4.69, 9.17) is 16.0 Å². The lowest BCUT2D eigenvalue weighted by molar-refractivity contribution is -0.114. The highest BCUT2D eigenvalue weighted by atomic mass is 35.5. The zero-order chi connectivity index (χ0) is 13.3. The lowest BCUT2D eigenvalue weighted by Gasteiger charge is -1.98. The van der Waals surface area contributed by atoms with Gasteiger partial charge in [-0.1, -0.05) is 11.6 Å². The predicted octanol–water partition coefficient (Wildman–Crippen LogP) is 2.97. The molecular weight excluding hydrogens is 258 g/mol. The first-order chi connectivity index (χ1) is 8.49. The van der Waals surface area contributed by atoms with Gasteiger partial charge in [0.25, 0.3) is 0 Å². The molecule has 0 atom stereocenters. The Morgan fingerprint density at radius 3 is 2.39 bits per heavy atom. The van der Waals surface area contributed by atoms with E-state index in [0.717, 1.165) is 0 Å². The molecule has 0 aliphatic heterocycles. The van der Waals surface area contributed by atoms with Gasteiger partial charge in [0.1, 0.15) is 0 Å². The first-order valence-corrected chi connectivity index (χ1v) is 5.45. The largest absolute Gasteiger partial charge is 0.502 e. The number of carbonyl (C=O) groups is 1. The maximum Gasteiger partial charge on any atom is 0.246 e. The molecule has 5 nitrogen and oxygen atoms in total. The average Bonchev–Trinajstić information content (AvgIpc) is 2.58. The van der Waals surface area contributed by atoms with E-state index in [9.17, 15) is 15.0 Å². The van der Waals surface area contributed by atoms with Crippen molar-refractivity contribution in [2.24, 2.45) is 0 Å². The minimum absolute atomic E-state index is 0.0629. The van der Waals surface area contributed by atoms with Gasteiger partial charge >= 0.3 is 0 Å². The quantitative estimate of drug-likeness (QED) is 0.781. The lowest BCUT2D eigenvalue weighted by Crippen LogP contribution is -2.04. The molecule has 2 rings (SSSR count). The summed E-state index contributed by atoms with van der Waals surface area (Å²) in [6, 6.07) is 6.48. The van der Waals surface area contributed by atoms with E-state index >= 15 is 0 Å². The molecule has 0 bridgehead atoms. The van der Waals surface area contributed by atoms with E-state index in [1.54, 1.807) is 24.3 Å². The number of carbonyl (C=O) groups excluding carboxylic acids is 1. The van der Waals surface area contributed by atoms with Crippen molar-refractivity contribution in [3.05, 3.63) is 29.3 Å². The van der Waals surface area contributed by atoms with Gasteiger partial charge in [-0.2, -0.15) is 0 Å². The zero-order valence-electron chi connectivity index (χ0n) is 9.40. The van der Waals surface area contributed by atoms with E-state index in [1.807, 2.05) is 0 Å². The Morgan fingerprint density at radius 2 is 1.83 bits per heavy atom. The van der Waals surface area contributed by atoms with E-state index in [0.29, 0.717) is 10.6 Å². The van der Waals surface area contributed by atoms with Gasteiger partial charge in [-0.05, 0) is 24.3 Å². The van der Waals surface area contributed by atoms with Crippen LogP contribution in [0.4, 0.5) is 5.88 Å². The number of furan rings is 1. The predicted molar refractivity (Wildman–Crippen MR) is 66.8 cm³/mol. The molecular formula is C12H10ClNO4. The fraction of sp³-hybridized carbons (Fsp3) is 0.0833. The van der Waals surface area contributed by atoms with Crippen LogP contribution in [0.2, 0.25) is 5.02 Å². The minimum Gasteiger partial charge on any atom is -0.502 e. The van der Waals surface area contributed by atoms with Crippen LogP contribution in [0.3, 0.4) is 0 Å². The van der Waals surface area contributed by atoms with E-state index in [1.165, 1.54) is 6.92 Å². The molecule has 0 fully saturated rings. The van der Waals surface area contributed by atoms with Gasteiger partial charge in [-0.25, -0.2) is 0 Å². The standard InChI is InChI=1S/C12H10ClNO4/c1-6(15)14-12-10(17)9(16)11(18-12)7-2-4-8(13)5-3-7/h2-5,16-17H,1H3,(H,14,15). The van der Waals surface area contributed by atoms with E-state index in [-0.39, 0.29) is 11.6 Å². The monoisotopic (exact) mass is 267 g/mol. The number of nitrogens with one attached hydrogen (secondary N) is 1. The summed E-state index contributed by atoms with van der Waals surface area (Å²) in [6.07, 6.45) is 0. The highest BCUT2D eigenvalue weighted by molar-refractivity contribution is 6.30. The summed E-state index contributed by atoms with van der Waals surface area (Å²) >= 11 is 5.74. The first kappa shape index (κ1) is 12.3. The van der Waals surface area contributed by atoms with Gasteiger partial charge in [0.15, 0.2) is 5.76 Å². The van der Waals surface area contributed by atoms with Gasteiger partial charge in [0.05, 0.1) is 0 Å². The third-order valence-corrected chi connectivity index (χ3v) is 2.51. The Bertz CT molecular complexity index is 589. The number of amides is 1. The molecule has 0 saturated heterocycles. The summed E-state index contributed by atoms with van der Waals surface area (Å²) in [5.41, 5.74) is 0.531. The number of benzene rings is 1. The van der Waals surface area contributed by atoms with Crippen molar-refractivity contribution in [1.82, 2.24) is 0 Å². The molecule has 1 heterocycles. The topological polar surface area (TPSA) is 82.7 Å². The molecule has 18 heavy (non-hydrogen) atoms. The van der Waals surface area contributed by atoms with Crippen molar-refractivity contribution in [1.29, 1.82) is 0 Å². The van der Waals surface area contributed by atoms with Crippen LogP contribution in [0, 0.1) is 0 Å². The molecule has 0 spiro atoms. The Labute approximate surface area is 108 Å². The molecule has 1 aromatic heterocycles. The smallest absolute Gasteiger partial charge is 0.246 e. The van der Waals surface area contributed by atoms with Gasteiger partial charge in [0.2, 0.25) is 23.3 Å². The van der Waals surface area contributed by atoms with Crippen LogP contribution in [0.5, 0.6) is 11.5 Å².